The normalized spacial score (nSPS) is 18.4. The average molecular weight is 304 g/mol. The molecule has 1 aliphatic heterocycles. The quantitative estimate of drug-likeness (QED) is 0.665. The molecule has 0 aromatic heterocycles. The van der Waals surface area contributed by atoms with E-state index in [-0.39, 0.29) is 0 Å². The Morgan fingerprint density at radius 3 is 2.82 bits per heavy atom. The lowest BCUT2D eigenvalue weighted by molar-refractivity contribution is 0.181. The molecule has 1 heterocycles. The molecule has 22 heavy (non-hydrogen) atoms. The average Bonchev–Trinajstić information content (AvgIpc) is 3.01. The molecular formula is C17H28N4O. The van der Waals surface area contributed by atoms with Gasteiger partial charge in [-0.1, -0.05) is 12.1 Å². The summed E-state index contributed by atoms with van der Waals surface area (Å²) in [5.74, 6) is 1.54. The Balaban J connectivity index is 1.89. The van der Waals surface area contributed by atoms with E-state index in [0.29, 0.717) is 5.92 Å². The monoisotopic (exact) mass is 304 g/mol. The number of hydrogen-bond acceptors (Lipinski definition) is 3. The number of rotatable bonds is 5. The number of nitrogens with one attached hydrogen (secondary N) is 1. The number of anilines is 1. The highest BCUT2D eigenvalue weighted by Gasteiger charge is 2.18. The summed E-state index contributed by atoms with van der Waals surface area (Å²) >= 11 is 0. The number of benzene rings is 1. The van der Waals surface area contributed by atoms with Crippen LogP contribution in [0.4, 0.5) is 5.69 Å². The molecule has 0 radical (unpaired) electrons. The zero-order chi connectivity index (χ0) is 15.9. The Labute approximate surface area is 134 Å². The largest absolute Gasteiger partial charge is 0.381 e. The van der Waals surface area contributed by atoms with Crippen LogP contribution < -0.4 is 10.2 Å². The van der Waals surface area contributed by atoms with Gasteiger partial charge in [-0.2, -0.15) is 0 Å². The fraction of sp³-hybridized carbons (Fsp3) is 0.588. The van der Waals surface area contributed by atoms with Crippen LogP contribution in [0.15, 0.2) is 29.3 Å². The van der Waals surface area contributed by atoms with E-state index in [0.717, 1.165) is 38.7 Å². The molecule has 1 atom stereocenters. The molecule has 0 saturated carbocycles. The molecule has 1 saturated heterocycles. The van der Waals surface area contributed by atoms with Crippen LogP contribution >= 0.6 is 0 Å². The third-order valence-corrected chi connectivity index (χ3v) is 4.01. The maximum atomic E-state index is 5.44. The lowest BCUT2D eigenvalue weighted by atomic mass is 10.1. The van der Waals surface area contributed by atoms with Gasteiger partial charge in [-0.25, -0.2) is 0 Å². The van der Waals surface area contributed by atoms with Crippen molar-refractivity contribution in [3.05, 3.63) is 29.8 Å². The van der Waals surface area contributed by atoms with E-state index in [9.17, 15) is 0 Å². The van der Waals surface area contributed by atoms with E-state index in [4.69, 9.17) is 4.74 Å². The van der Waals surface area contributed by atoms with Gasteiger partial charge in [0.15, 0.2) is 5.96 Å². The minimum Gasteiger partial charge on any atom is -0.381 e. The zero-order valence-corrected chi connectivity index (χ0v) is 14.2. The maximum absolute atomic E-state index is 5.44. The zero-order valence-electron chi connectivity index (χ0n) is 14.2. The van der Waals surface area contributed by atoms with Crippen LogP contribution in [0.1, 0.15) is 12.0 Å². The summed E-state index contributed by atoms with van der Waals surface area (Å²) in [5.41, 5.74) is 2.47. The molecule has 0 amide bonds. The number of ether oxygens (including phenoxy) is 1. The molecule has 5 heteroatoms. The second-order valence-corrected chi connectivity index (χ2v) is 6.08. The number of hydrogen-bond donors (Lipinski definition) is 1. The summed E-state index contributed by atoms with van der Waals surface area (Å²) < 4.78 is 5.44. The first-order chi connectivity index (χ1) is 10.6. The first kappa shape index (κ1) is 16.6. The van der Waals surface area contributed by atoms with Gasteiger partial charge in [-0.3, -0.25) is 4.99 Å². The van der Waals surface area contributed by atoms with Crippen molar-refractivity contribution in [1.82, 2.24) is 10.2 Å². The van der Waals surface area contributed by atoms with Gasteiger partial charge in [0.05, 0.1) is 6.61 Å². The highest BCUT2D eigenvalue weighted by molar-refractivity contribution is 5.79. The van der Waals surface area contributed by atoms with Gasteiger partial charge in [-0.15, -0.1) is 0 Å². The van der Waals surface area contributed by atoms with E-state index < -0.39 is 0 Å². The summed E-state index contributed by atoms with van der Waals surface area (Å²) in [4.78, 5) is 8.69. The summed E-state index contributed by atoms with van der Waals surface area (Å²) in [6, 6.07) is 8.54. The SMILES string of the molecule is CN=C(NCc1cccc(N(C)C)c1)N(C)CC1CCOC1. The van der Waals surface area contributed by atoms with Crippen molar-refractivity contribution in [3.8, 4) is 0 Å². The van der Waals surface area contributed by atoms with Gasteiger partial charge in [0.1, 0.15) is 0 Å². The predicted octanol–water partition coefficient (Wildman–Crippen LogP) is 1.80. The summed E-state index contributed by atoms with van der Waals surface area (Å²) in [6.07, 6.45) is 1.15. The third kappa shape index (κ3) is 4.63. The van der Waals surface area contributed by atoms with Crippen molar-refractivity contribution in [2.24, 2.45) is 10.9 Å². The Morgan fingerprint density at radius 1 is 1.36 bits per heavy atom. The summed E-state index contributed by atoms with van der Waals surface area (Å²) in [5, 5.41) is 3.44. The molecule has 1 aromatic carbocycles. The predicted molar refractivity (Wildman–Crippen MR) is 92.5 cm³/mol. The molecule has 1 aliphatic rings. The molecule has 122 valence electrons. The van der Waals surface area contributed by atoms with Gasteiger partial charge < -0.3 is 19.9 Å². The van der Waals surface area contributed by atoms with Crippen LogP contribution in [0, 0.1) is 5.92 Å². The smallest absolute Gasteiger partial charge is 0.193 e. The van der Waals surface area contributed by atoms with Crippen LogP contribution in [-0.4, -0.2) is 58.8 Å². The van der Waals surface area contributed by atoms with Crippen molar-refractivity contribution in [1.29, 1.82) is 0 Å². The lowest BCUT2D eigenvalue weighted by Gasteiger charge is -2.24. The van der Waals surface area contributed by atoms with Gasteiger partial charge in [0.25, 0.3) is 0 Å². The Bertz CT molecular complexity index is 495. The van der Waals surface area contributed by atoms with E-state index >= 15 is 0 Å². The summed E-state index contributed by atoms with van der Waals surface area (Å²) in [6.45, 7) is 3.52. The van der Waals surface area contributed by atoms with Crippen molar-refractivity contribution in [2.45, 2.75) is 13.0 Å². The second kappa shape index (κ2) is 8.03. The molecule has 1 aromatic rings. The first-order valence-electron chi connectivity index (χ1n) is 7.86. The topological polar surface area (TPSA) is 40.1 Å². The highest BCUT2D eigenvalue weighted by Crippen LogP contribution is 2.14. The van der Waals surface area contributed by atoms with E-state index in [1.165, 1.54) is 11.3 Å². The Kier molecular flexibility index (Phi) is 6.07. The van der Waals surface area contributed by atoms with Gasteiger partial charge >= 0.3 is 0 Å². The molecule has 2 rings (SSSR count). The van der Waals surface area contributed by atoms with Crippen LogP contribution in [-0.2, 0) is 11.3 Å². The van der Waals surface area contributed by atoms with E-state index in [1.54, 1.807) is 0 Å². The highest BCUT2D eigenvalue weighted by atomic mass is 16.5. The minimum atomic E-state index is 0.612. The van der Waals surface area contributed by atoms with E-state index in [1.807, 2.05) is 7.05 Å². The maximum Gasteiger partial charge on any atom is 0.193 e. The van der Waals surface area contributed by atoms with Crippen LogP contribution in [0.3, 0.4) is 0 Å². The fourth-order valence-electron chi connectivity index (χ4n) is 2.71. The molecular weight excluding hydrogens is 276 g/mol. The summed E-state index contributed by atoms with van der Waals surface area (Å²) in [7, 11) is 8.04. The molecule has 0 bridgehead atoms. The Morgan fingerprint density at radius 2 is 2.18 bits per heavy atom. The number of aliphatic imine (C=N–C) groups is 1. The van der Waals surface area contributed by atoms with Crippen molar-refractivity contribution in [2.75, 3.05) is 52.8 Å². The van der Waals surface area contributed by atoms with Crippen molar-refractivity contribution >= 4 is 11.6 Å². The van der Waals surface area contributed by atoms with Gasteiger partial charge in [-0.05, 0) is 24.1 Å². The van der Waals surface area contributed by atoms with Gasteiger partial charge in [0, 0.05) is 59.5 Å². The van der Waals surface area contributed by atoms with Crippen LogP contribution in [0.2, 0.25) is 0 Å². The fourth-order valence-corrected chi connectivity index (χ4v) is 2.71. The Hall–Kier alpha value is -1.75. The van der Waals surface area contributed by atoms with Gasteiger partial charge in [0.2, 0.25) is 0 Å². The minimum absolute atomic E-state index is 0.612. The van der Waals surface area contributed by atoms with Crippen LogP contribution in [0.5, 0.6) is 0 Å². The number of nitrogens with zero attached hydrogens (tertiary/aromatic N) is 3. The van der Waals surface area contributed by atoms with E-state index in [2.05, 4.69) is 65.5 Å². The first-order valence-corrected chi connectivity index (χ1v) is 7.86. The van der Waals surface area contributed by atoms with Crippen LogP contribution in [0.25, 0.3) is 0 Å². The second-order valence-electron chi connectivity index (χ2n) is 6.08. The third-order valence-electron chi connectivity index (χ3n) is 4.01. The molecule has 5 nitrogen and oxygen atoms in total. The lowest BCUT2D eigenvalue weighted by Crippen LogP contribution is -2.41. The molecule has 0 spiro atoms. The molecule has 0 aliphatic carbocycles. The van der Waals surface area contributed by atoms with Crippen molar-refractivity contribution < 1.29 is 4.74 Å². The van der Waals surface area contributed by atoms with Crippen molar-refractivity contribution in [3.63, 3.8) is 0 Å². The molecule has 1 fully saturated rings. The number of guanidine groups is 1. The molecule has 1 N–H and O–H groups in total. The molecule has 1 unspecified atom stereocenters. The standard InChI is InChI=1S/C17H28N4O/c1-18-17(21(4)12-15-8-9-22-13-15)19-11-14-6-5-7-16(10-14)20(2)3/h5-7,10,15H,8-9,11-13H2,1-4H3,(H,18,19).